The molecule has 0 saturated heterocycles. The predicted octanol–water partition coefficient (Wildman–Crippen LogP) is 1.99. The van der Waals surface area contributed by atoms with E-state index in [0.717, 1.165) is 11.3 Å². The Balaban J connectivity index is 2.54. The number of nitrogens with one attached hydrogen (secondary N) is 1. The molecule has 1 rings (SSSR count). The normalized spacial score (nSPS) is 11.9. The summed E-state index contributed by atoms with van der Waals surface area (Å²) in [6.07, 6.45) is 0. The van der Waals surface area contributed by atoms with Crippen LogP contribution in [-0.2, 0) is 4.79 Å². The van der Waals surface area contributed by atoms with Gasteiger partial charge in [0.1, 0.15) is 5.75 Å². The van der Waals surface area contributed by atoms with Crippen LogP contribution in [0, 0.1) is 0 Å². The summed E-state index contributed by atoms with van der Waals surface area (Å²) >= 11 is 0. The molecule has 1 aromatic carbocycles. The van der Waals surface area contributed by atoms with E-state index in [0.29, 0.717) is 0 Å². The number of benzene rings is 1. The molecule has 0 aliphatic rings. The average Bonchev–Trinajstić information content (AvgIpc) is 2.35. The van der Waals surface area contributed by atoms with E-state index in [1.165, 1.54) is 0 Å². The van der Waals surface area contributed by atoms with Gasteiger partial charge in [0.2, 0.25) is 0 Å². The van der Waals surface area contributed by atoms with Crippen molar-refractivity contribution in [2.45, 2.75) is 13.0 Å². The molecule has 0 radical (unpaired) electrons. The molecule has 4 heteroatoms. The topological polar surface area (TPSA) is 58.6 Å². The molecule has 92 valence electrons. The second-order valence-corrected chi connectivity index (χ2v) is 3.78. The van der Waals surface area contributed by atoms with Gasteiger partial charge < -0.3 is 15.2 Å². The van der Waals surface area contributed by atoms with Crippen molar-refractivity contribution in [3.8, 4) is 5.75 Å². The van der Waals surface area contributed by atoms with Crippen molar-refractivity contribution in [2.24, 2.45) is 0 Å². The number of methoxy groups -OCH3 is 1. The van der Waals surface area contributed by atoms with Gasteiger partial charge in [0.25, 0.3) is 0 Å². The van der Waals surface area contributed by atoms with Crippen molar-refractivity contribution in [1.82, 2.24) is 5.32 Å². The van der Waals surface area contributed by atoms with Gasteiger partial charge in [0.15, 0.2) is 0 Å². The minimum atomic E-state index is -0.973. The van der Waals surface area contributed by atoms with Crippen LogP contribution in [0.25, 0.3) is 0 Å². The van der Waals surface area contributed by atoms with Gasteiger partial charge >= 0.3 is 5.97 Å². The summed E-state index contributed by atoms with van der Waals surface area (Å²) in [5, 5.41) is 11.8. The third-order valence-electron chi connectivity index (χ3n) is 2.54. The first-order chi connectivity index (χ1) is 8.04. The fourth-order valence-electron chi connectivity index (χ4n) is 1.36. The summed E-state index contributed by atoms with van der Waals surface area (Å²) in [7, 11) is 1.62. The number of hydrogen-bond donors (Lipinski definition) is 2. The Bertz CT molecular complexity index is 398. The molecule has 0 aliphatic carbocycles. The Kier molecular flexibility index (Phi) is 4.72. The van der Waals surface area contributed by atoms with Gasteiger partial charge in [-0.15, -0.1) is 0 Å². The molecule has 0 spiro atoms. The molecule has 0 saturated carbocycles. The van der Waals surface area contributed by atoms with Crippen LogP contribution in [0.2, 0.25) is 0 Å². The zero-order valence-electron chi connectivity index (χ0n) is 10.1. The zero-order chi connectivity index (χ0) is 12.8. The number of hydrogen-bond acceptors (Lipinski definition) is 3. The molecular weight excluding hydrogens is 218 g/mol. The van der Waals surface area contributed by atoms with Gasteiger partial charge in [-0.25, -0.2) is 4.79 Å². The van der Waals surface area contributed by atoms with Gasteiger partial charge in [-0.3, -0.25) is 0 Å². The molecule has 1 atom stereocenters. The van der Waals surface area contributed by atoms with E-state index < -0.39 is 5.97 Å². The molecule has 0 unspecified atom stereocenters. The van der Waals surface area contributed by atoms with Crippen LogP contribution in [0.4, 0.5) is 0 Å². The predicted molar refractivity (Wildman–Crippen MR) is 66.2 cm³/mol. The molecule has 0 aromatic heterocycles. The molecule has 0 fully saturated rings. The molecule has 0 heterocycles. The lowest BCUT2D eigenvalue weighted by Crippen LogP contribution is -2.23. The average molecular weight is 235 g/mol. The zero-order valence-corrected chi connectivity index (χ0v) is 10.1. The van der Waals surface area contributed by atoms with E-state index in [9.17, 15) is 4.79 Å². The number of rotatable bonds is 6. The van der Waals surface area contributed by atoms with Gasteiger partial charge in [-0.05, 0) is 24.6 Å². The quantitative estimate of drug-likeness (QED) is 0.740. The summed E-state index contributed by atoms with van der Waals surface area (Å²) in [6.45, 7) is 5.70. The Morgan fingerprint density at radius 3 is 2.53 bits per heavy atom. The van der Waals surface area contributed by atoms with E-state index in [-0.39, 0.29) is 18.2 Å². The molecule has 1 aromatic rings. The van der Waals surface area contributed by atoms with Gasteiger partial charge in [-0.2, -0.15) is 0 Å². The van der Waals surface area contributed by atoms with Crippen molar-refractivity contribution < 1.29 is 14.6 Å². The molecule has 0 aliphatic heterocycles. The summed E-state index contributed by atoms with van der Waals surface area (Å²) < 4.78 is 5.07. The van der Waals surface area contributed by atoms with Gasteiger partial charge in [-0.1, -0.05) is 18.7 Å². The van der Waals surface area contributed by atoms with E-state index in [4.69, 9.17) is 9.84 Å². The summed E-state index contributed by atoms with van der Waals surface area (Å²) in [4.78, 5) is 10.6. The maximum Gasteiger partial charge on any atom is 0.332 e. The number of carboxylic acids is 1. The minimum Gasteiger partial charge on any atom is -0.497 e. The summed E-state index contributed by atoms with van der Waals surface area (Å²) in [6, 6.07) is 7.70. The second kappa shape index (κ2) is 6.06. The smallest absolute Gasteiger partial charge is 0.332 e. The monoisotopic (exact) mass is 235 g/mol. The maximum absolute atomic E-state index is 10.6. The van der Waals surface area contributed by atoms with Crippen LogP contribution in [0.3, 0.4) is 0 Å². The lowest BCUT2D eigenvalue weighted by molar-refractivity contribution is -0.132. The highest BCUT2D eigenvalue weighted by molar-refractivity contribution is 5.86. The van der Waals surface area contributed by atoms with Crippen molar-refractivity contribution in [3.63, 3.8) is 0 Å². The SMILES string of the molecule is C=C(CN[C@@H](C)c1ccc(OC)cc1)C(=O)O. The molecule has 4 nitrogen and oxygen atoms in total. The fourth-order valence-corrected chi connectivity index (χ4v) is 1.36. The third kappa shape index (κ3) is 3.92. The van der Waals surface area contributed by atoms with Crippen LogP contribution in [0.15, 0.2) is 36.4 Å². The number of carbonyl (C=O) groups is 1. The molecule has 0 amide bonds. The first kappa shape index (κ1) is 13.3. The molecular formula is C13H17NO3. The van der Waals surface area contributed by atoms with Gasteiger partial charge in [0.05, 0.1) is 7.11 Å². The van der Waals surface area contributed by atoms with Crippen molar-refractivity contribution in [2.75, 3.05) is 13.7 Å². The molecule has 17 heavy (non-hydrogen) atoms. The van der Waals surface area contributed by atoms with Gasteiger partial charge in [0, 0.05) is 18.2 Å². The largest absolute Gasteiger partial charge is 0.497 e. The summed E-state index contributed by atoms with van der Waals surface area (Å²) in [5.74, 6) is -0.171. The Morgan fingerprint density at radius 2 is 2.06 bits per heavy atom. The van der Waals surface area contributed by atoms with E-state index in [1.54, 1.807) is 7.11 Å². The lowest BCUT2D eigenvalue weighted by atomic mass is 10.1. The Morgan fingerprint density at radius 1 is 1.47 bits per heavy atom. The van der Waals surface area contributed by atoms with Crippen LogP contribution in [-0.4, -0.2) is 24.7 Å². The summed E-state index contributed by atoms with van der Waals surface area (Å²) in [5.41, 5.74) is 1.23. The number of aliphatic carboxylic acids is 1. The first-order valence-electron chi connectivity index (χ1n) is 5.33. The maximum atomic E-state index is 10.6. The lowest BCUT2D eigenvalue weighted by Gasteiger charge is -2.14. The van der Waals surface area contributed by atoms with E-state index in [2.05, 4.69) is 11.9 Å². The highest BCUT2D eigenvalue weighted by Crippen LogP contribution is 2.17. The van der Waals surface area contributed by atoms with Crippen LogP contribution >= 0.6 is 0 Å². The van der Waals surface area contributed by atoms with Crippen molar-refractivity contribution in [1.29, 1.82) is 0 Å². The number of ether oxygens (including phenoxy) is 1. The fraction of sp³-hybridized carbons (Fsp3) is 0.308. The molecule has 2 N–H and O–H groups in total. The minimum absolute atomic E-state index is 0.0667. The highest BCUT2D eigenvalue weighted by atomic mass is 16.5. The van der Waals surface area contributed by atoms with Crippen LogP contribution in [0.1, 0.15) is 18.5 Å². The van der Waals surface area contributed by atoms with Crippen molar-refractivity contribution in [3.05, 3.63) is 42.0 Å². The third-order valence-corrected chi connectivity index (χ3v) is 2.54. The van der Waals surface area contributed by atoms with Crippen LogP contribution < -0.4 is 10.1 Å². The molecule has 0 bridgehead atoms. The Labute approximate surface area is 101 Å². The Hall–Kier alpha value is -1.81. The van der Waals surface area contributed by atoms with Crippen LogP contribution in [0.5, 0.6) is 5.75 Å². The highest BCUT2D eigenvalue weighted by Gasteiger charge is 2.08. The second-order valence-electron chi connectivity index (χ2n) is 3.78. The van der Waals surface area contributed by atoms with Crippen molar-refractivity contribution >= 4 is 5.97 Å². The number of carboxylic acid groups (broad SMARTS) is 1. The first-order valence-corrected chi connectivity index (χ1v) is 5.33. The standard InChI is InChI=1S/C13H17NO3/c1-9(13(15)16)8-14-10(2)11-4-6-12(17-3)7-5-11/h4-7,10,14H,1,8H2,2-3H3,(H,15,16)/t10-/m0/s1. The van der Waals surface area contributed by atoms with E-state index >= 15 is 0 Å². The van der Waals surface area contributed by atoms with E-state index in [1.807, 2.05) is 31.2 Å².